The maximum absolute atomic E-state index is 8.98. The SMILES string of the molecule is CCC[S+]1CCCC1.CCC[S+]1CCCC1.CCC[S+]1CCCC1.CCC[S+]1CCCC1.CCC[S+]1CCCC1.CCC[S+]1CCCC1.CCC[S+]1CCCC1.CCC[S+]1CCCC1.N#CB([O-])[O-].N#CB([O-])[O-].N#CB([O-])[O-].N#CB([O-])[O-]. The monoisotopic (exact) mass is 1320 g/mol. The molecule has 0 atom stereocenters. The first-order valence-corrected chi connectivity index (χ1v) is 46.4. The molecule has 0 aromatic heterocycles. The summed E-state index contributed by atoms with van der Waals surface area (Å²) >= 11 is 0. The van der Waals surface area contributed by atoms with Crippen molar-refractivity contribution in [2.45, 2.75) is 209 Å². The van der Waals surface area contributed by atoms with E-state index in [1.807, 2.05) is 0 Å². The Morgan fingerprint density at radius 1 is 0.214 bits per heavy atom. The first-order valence-electron chi connectivity index (χ1n) is 32.5. The van der Waals surface area contributed by atoms with Gasteiger partial charge in [-0.2, -0.15) is 0 Å². The molecule has 488 valence electrons. The van der Waals surface area contributed by atoms with Crippen molar-refractivity contribution in [2.75, 3.05) is 138 Å². The fourth-order valence-electron chi connectivity index (χ4n) is 9.66. The van der Waals surface area contributed by atoms with E-state index in [0.29, 0.717) is 0 Å². The zero-order chi connectivity index (χ0) is 63.7. The van der Waals surface area contributed by atoms with Gasteiger partial charge in [0, 0.05) is 28.5 Å². The molecule has 8 saturated heterocycles. The van der Waals surface area contributed by atoms with Crippen LogP contribution in [0.25, 0.3) is 0 Å². The highest BCUT2D eigenvalue weighted by atomic mass is 32.2. The largest absolute Gasteiger partial charge is 0.881 e. The van der Waals surface area contributed by atoms with Gasteiger partial charge in [0.15, 0.2) is 0 Å². The molecule has 8 heterocycles. The van der Waals surface area contributed by atoms with E-state index < -0.39 is 28.5 Å². The summed E-state index contributed by atoms with van der Waals surface area (Å²) in [6, 6.07) is 0. The van der Waals surface area contributed by atoms with E-state index in [0.717, 1.165) is 111 Å². The molecule has 0 aromatic carbocycles. The second-order valence-electron chi connectivity index (χ2n) is 21.3. The Labute approximate surface area is 544 Å². The lowest BCUT2D eigenvalue weighted by molar-refractivity contribution is -0.342. The topological polar surface area (TPSA) is 280 Å². The highest BCUT2D eigenvalue weighted by Crippen LogP contribution is 2.18. The van der Waals surface area contributed by atoms with Gasteiger partial charge in [-0.25, -0.2) is 21.0 Å². The molecule has 8 aliphatic rings. The second kappa shape index (κ2) is 72.8. The fourth-order valence-corrected chi connectivity index (χ4v) is 29.0. The summed E-state index contributed by atoms with van der Waals surface area (Å²) in [4.78, 5) is 0. The molecule has 0 saturated carbocycles. The summed E-state index contributed by atoms with van der Waals surface area (Å²) in [5, 5.41) is 101. The average Bonchev–Trinajstić information content (AvgIpc) is 4.32. The molecule has 84 heavy (non-hydrogen) atoms. The minimum Gasteiger partial charge on any atom is -0.881 e. The van der Waals surface area contributed by atoms with Crippen molar-refractivity contribution >= 4 is 116 Å². The van der Waals surface area contributed by atoms with Crippen molar-refractivity contribution in [3.8, 4) is 23.9 Å². The van der Waals surface area contributed by atoms with Crippen LogP contribution in [0.5, 0.6) is 0 Å². The summed E-state index contributed by atoms with van der Waals surface area (Å²) in [6.07, 6.45) is 35.5. The molecule has 8 aliphatic heterocycles. The molecule has 0 radical (unpaired) electrons. The van der Waals surface area contributed by atoms with Crippen LogP contribution in [-0.4, -0.2) is 167 Å². The number of hydrogen-bond donors (Lipinski definition) is 0. The van der Waals surface area contributed by atoms with Crippen LogP contribution in [0.3, 0.4) is 0 Å². The van der Waals surface area contributed by atoms with Crippen LogP contribution >= 0.6 is 0 Å². The normalized spacial score (nSPS) is 18.2. The van der Waals surface area contributed by atoms with Gasteiger partial charge in [0.1, 0.15) is 138 Å². The smallest absolute Gasteiger partial charge is 0.108 e. The lowest BCUT2D eigenvalue weighted by atomic mass is 9.97. The number of rotatable bonds is 16. The Bertz CT molecular complexity index is 1200. The molecule has 0 unspecified atom stereocenters. The summed E-state index contributed by atoms with van der Waals surface area (Å²) in [5.41, 5.74) is 0. The molecule has 0 amide bonds. The lowest BCUT2D eigenvalue weighted by Crippen LogP contribution is -2.43. The minimum atomic E-state index is -2.31. The van der Waals surface area contributed by atoms with Gasteiger partial charge in [0.05, 0.1) is 0 Å². The predicted molar refractivity (Wildman–Crippen MR) is 377 cm³/mol. The predicted octanol–water partition coefficient (Wildman–Crippen LogP) is 3.50. The van der Waals surface area contributed by atoms with Gasteiger partial charge in [0.2, 0.25) is 0 Å². The van der Waals surface area contributed by atoms with Crippen molar-refractivity contribution in [3.63, 3.8) is 0 Å². The molecule has 24 heteroatoms. The van der Waals surface area contributed by atoms with E-state index in [1.165, 1.54) is 200 Å². The third-order valence-electron chi connectivity index (χ3n) is 13.3. The number of nitriles is 4. The van der Waals surface area contributed by atoms with Crippen molar-refractivity contribution in [1.29, 1.82) is 21.0 Å². The maximum Gasteiger partial charge on any atom is 0.108 e. The van der Waals surface area contributed by atoms with Crippen molar-refractivity contribution < 1.29 is 40.2 Å². The van der Waals surface area contributed by atoms with E-state index in [-0.39, 0.29) is 0 Å². The van der Waals surface area contributed by atoms with Crippen LogP contribution in [0.1, 0.15) is 209 Å². The minimum absolute atomic E-state index is 0.873. The van der Waals surface area contributed by atoms with Crippen LogP contribution in [0.4, 0.5) is 0 Å². The Hall–Kier alpha value is 0.700. The Morgan fingerprint density at radius 2 is 0.286 bits per heavy atom. The van der Waals surface area contributed by atoms with Gasteiger partial charge in [-0.05, 0) is 265 Å². The molecule has 8 rings (SSSR count). The molecule has 0 bridgehead atoms. The number of hydrogen-bond acceptors (Lipinski definition) is 12. The van der Waals surface area contributed by atoms with Gasteiger partial charge in [-0.15, -0.1) is 0 Å². The molecule has 0 spiro atoms. The Morgan fingerprint density at radius 3 is 0.333 bits per heavy atom. The molecule has 8 fully saturated rings. The van der Waals surface area contributed by atoms with Crippen LogP contribution in [0.15, 0.2) is 0 Å². The first kappa shape index (κ1) is 91.1. The fraction of sp³-hybridized carbons (Fsp3) is 0.933. The summed E-state index contributed by atoms with van der Waals surface area (Å²) in [7, 11) is -2.26. The quantitative estimate of drug-likeness (QED) is 0.159. The highest BCUT2D eigenvalue weighted by Gasteiger charge is 2.26. The molecule has 12 nitrogen and oxygen atoms in total. The van der Waals surface area contributed by atoms with Crippen LogP contribution < -0.4 is 40.2 Å². The highest BCUT2D eigenvalue weighted by molar-refractivity contribution is 7.98. The summed E-state index contributed by atoms with van der Waals surface area (Å²) in [5.74, 6) is 40.6. The van der Waals surface area contributed by atoms with Crippen LogP contribution in [-0.2, 0) is 87.2 Å². The second-order valence-corrected chi connectivity index (χ2v) is 40.9. The molecule has 0 N–H and O–H groups in total. The van der Waals surface area contributed by atoms with E-state index in [1.54, 1.807) is 92.0 Å². The standard InChI is InChI=1S/8C7H15S.4CBNO2/c8*1-2-5-8-6-3-4-7-8;4*3-1-2(4)5/h8*2-7H2,1H3;;;;/q8*+1;4*-2. The van der Waals surface area contributed by atoms with Gasteiger partial charge in [-0.3, -0.25) is 0 Å². The van der Waals surface area contributed by atoms with Gasteiger partial charge in [0.25, 0.3) is 0 Å². The zero-order valence-electron chi connectivity index (χ0n) is 54.6. The molecular formula is C60H120B4N4O8S8. The number of nitrogens with zero attached hydrogens (tertiary/aromatic N) is 4. The summed E-state index contributed by atoms with van der Waals surface area (Å²) in [6.45, 7) is 18.4. The van der Waals surface area contributed by atoms with E-state index in [2.05, 4.69) is 55.4 Å². The van der Waals surface area contributed by atoms with E-state index in [4.69, 9.17) is 61.2 Å². The van der Waals surface area contributed by atoms with Crippen molar-refractivity contribution in [2.24, 2.45) is 0 Å². The maximum atomic E-state index is 8.98. The Kier molecular flexibility index (Phi) is 78.9. The van der Waals surface area contributed by atoms with E-state index in [9.17, 15) is 0 Å². The molecule has 0 aliphatic carbocycles. The van der Waals surface area contributed by atoms with Gasteiger partial charge >= 0.3 is 0 Å². The first-order chi connectivity index (χ1) is 40.5. The van der Waals surface area contributed by atoms with Crippen molar-refractivity contribution in [1.82, 2.24) is 0 Å². The van der Waals surface area contributed by atoms with Gasteiger partial charge in [-0.1, -0.05) is 55.4 Å². The third kappa shape index (κ3) is 70.2. The zero-order valence-corrected chi connectivity index (χ0v) is 61.1. The lowest BCUT2D eigenvalue weighted by Gasteiger charge is -2.12. The van der Waals surface area contributed by atoms with Gasteiger partial charge < -0.3 is 40.2 Å². The average molecular weight is 1330 g/mol. The van der Waals surface area contributed by atoms with Crippen molar-refractivity contribution in [3.05, 3.63) is 0 Å². The third-order valence-corrected chi connectivity index (χ3v) is 35.0. The van der Waals surface area contributed by atoms with E-state index >= 15 is 0 Å². The summed E-state index contributed by atoms with van der Waals surface area (Å²) < 4.78 is 0. The Balaban J connectivity index is -0.000000418. The molecular weight excluding hydrogens is 1200 g/mol. The molecule has 0 aromatic rings. The van der Waals surface area contributed by atoms with Crippen LogP contribution in [0.2, 0.25) is 0 Å². The van der Waals surface area contributed by atoms with Crippen LogP contribution in [0, 0.1) is 44.9 Å².